The SMILES string of the molecule is O=C(NO)c1cnc(N2CCN(S(=O)(=O)c3ccc(-c4ccc(Cl)cc4)cc3)CC2)s1. The number of hydrogen-bond donors (Lipinski definition) is 2. The molecule has 0 unspecified atom stereocenters. The van der Waals surface area contributed by atoms with Crippen molar-refractivity contribution in [3.8, 4) is 11.1 Å². The topological polar surface area (TPSA) is 103 Å². The normalized spacial score (nSPS) is 15.1. The van der Waals surface area contributed by atoms with E-state index >= 15 is 0 Å². The van der Waals surface area contributed by atoms with Gasteiger partial charge in [0.05, 0.1) is 11.1 Å². The monoisotopic (exact) mass is 478 g/mol. The first-order valence-corrected chi connectivity index (χ1v) is 12.0. The maximum absolute atomic E-state index is 13.1. The van der Waals surface area contributed by atoms with Crippen LogP contribution in [-0.4, -0.2) is 55.0 Å². The van der Waals surface area contributed by atoms with E-state index in [-0.39, 0.29) is 9.77 Å². The summed E-state index contributed by atoms with van der Waals surface area (Å²) in [4.78, 5) is 18.1. The molecule has 0 aliphatic carbocycles. The standard InChI is InChI=1S/C20H19ClN4O4S2/c21-16-5-1-14(2-6-16)15-3-7-17(8-4-15)31(28,29)25-11-9-24(10-12-25)20-22-13-18(30-20)19(26)23-27/h1-8,13,27H,9-12H2,(H,23,26). The number of carbonyl (C=O) groups is 1. The van der Waals surface area contributed by atoms with Gasteiger partial charge < -0.3 is 4.90 Å². The van der Waals surface area contributed by atoms with E-state index in [1.165, 1.54) is 10.5 Å². The molecule has 3 aromatic rings. The van der Waals surface area contributed by atoms with Crippen LogP contribution in [0, 0.1) is 0 Å². The zero-order valence-corrected chi connectivity index (χ0v) is 18.6. The van der Waals surface area contributed by atoms with Crippen molar-refractivity contribution in [1.82, 2.24) is 14.8 Å². The number of halogens is 1. The van der Waals surface area contributed by atoms with E-state index in [9.17, 15) is 13.2 Å². The number of nitrogens with one attached hydrogen (secondary N) is 1. The Hall–Kier alpha value is -2.50. The van der Waals surface area contributed by atoms with E-state index in [4.69, 9.17) is 16.8 Å². The summed E-state index contributed by atoms with van der Waals surface area (Å²) in [6, 6.07) is 14.2. The van der Waals surface area contributed by atoms with Gasteiger partial charge in [-0.2, -0.15) is 4.31 Å². The minimum absolute atomic E-state index is 0.245. The summed E-state index contributed by atoms with van der Waals surface area (Å²) in [5.41, 5.74) is 3.45. The highest BCUT2D eigenvalue weighted by Crippen LogP contribution is 2.27. The Morgan fingerprint density at radius 1 is 1.00 bits per heavy atom. The molecule has 0 spiro atoms. The van der Waals surface area contributed by atoms with Crippen LogP contribution in [0.4, 0.5) is 5.13 Å². The van der Waals surface area contributed by atoms with Crippen LogP contribution in [-0.2, 0) is 10.0 Å². The molecule has 1 aliphatic heterocycles. The quantitative estimate of drug-likeness (QED) is 0.431. The summed E-state index contributed by atoms with van der Waals surface area (Å²) >= 11 is 7.07. The fraction of sp³-hybridized carbons (Fsp3) is 0.200. The van der Waals surface area contributed by atoms with Gasteiger partial charge in [0.25, 0.3) is 5.91 Å². The lowest BCUT2D eigenvalue weighted by Gasteiger charge is -2.33. The molecule has 2 aromatic carbocycles. The predicted octanol–water partition coefficient (Wildman–Crippen LogP) is 3.09. The van der Waals surface area contributed by atoms with Crippen LogP contribution >= 0.6 is 22.9 Å². The number of nitrogens with zero attached hydrogens (tertiary/aromatic N) is 3. The van der Waals surface area contributed by atoms with Crippen LogP contribution in [0.25, 0.3) is 11.1 Å². The number of hydrogen-bond acceptors (Lipinski definition) is 7. The molecule has 0 saturated carbocycles. The molecule has 2 N–H and O–H groups in total. The number of amides is 1. The van der Waals surface area contributed by atoms with Crippen molar-refractivity contribution in [2.45, 2.75) is 4.90 Å². The van der Waals surface area contributed by atoms with E-state index in [1.807, 2.05) is 17.0 Å². The molecule has 1 amide bonds. The number of rotatable bonds is 5. The third-order valence-corrected chi connectivity index (χ3v) is 8.22. The Morgan fingerprint density at radius 3 is 2.16 bits per heavy atom. The average molecular weight is 479 g/mol. The third-order valence-electron chi connectivity index (χ3n) is 5.00. The Kier molecular flexibility index (Phi) is 6.26. The van der Waals surface area contributed by atoms with Gasteiger partial charge in [-0.3, -0.25) is 10.0 Å². The van der Waals surface area contributed by atoms with Crippen molar-refractivity contribution in [1.29, 1.82) is 0 Å². The van der Waals surface area contributed by atoms with Gasteiger partial charge in [0.2, 0.25) is 10.0 Å². The molecule has 11 heteroatoms. The second kappa shape index (κ2) is 8.93. The molecule has 1 saturated heterocycles. The molecule has 0 radical (unpaired) electrons. The number of piperazine rings is 1. The lowest BCUT2D eigenvalue weighted by atomic mass is 10.1. The van der Waals surface area contributed by atoms with Crippen LogP contribution in [0.3, 0.4) is 0 Å². The first-order chi connectivity index (χ1) is 14.9. The van der Waals surface area contributed by atoms with Crippen molar-refractivity contribution in [3.63, 3.8) is 0 Å². The minimum atomic E-state index is -3.61. The van der Waals surface area contributed by atoms with Crippen LogP contribution < -0.4 is 10.4 Å². The maximum atomic E-state index is 13.1. The molecule has 162 valence electrons. The number of aromatic nitrogens is 1. The van der Waals surface area contributed by atoms with Gasteiger partial charge in [-0.15, -0.1) is 0 Å². The molecule has 4 rings (SSSR count). The van der Waals surface area contributed by atoms with E-state index in [0.717, 1.165) is 22.5 Å². The minimum Gasteiger partial charge on any atom is -0.345 e. The summed E-state index contributed by atoms with van der Waals surface area (Å²) < 4.78 is 27.6. The van der Waals surface area contributed by atoms with Crippen molar-refractivity contribution in [2.24, 2.45) is 0 Å². The second-order valence-electron chi connectivity index (χ2n) is 6.87. The van der Waals surface area contributed by atoms with Gasteiger partial charge >= 0.3 is 0 Å². The summed E-state index contributed by atoms with van der Waals surface area (Å²) in [5.74, 6) is -0.619. The van der Waals surface area contributed by atoms with Gasteiger partial charge in [0.15, 0.2) is 5.13 Å². The molecular formula is C20H19ClN4O4S2. The van der Waals surface area contributed by atoms with Gasteiger partial charge in [-0.05, 0) is 35.4 Å². The molecule has 8 nitrogen and oxygen atoms in total. The lowest BCUT2D eigenvalue weighted by Crippen LogP contribution is -2.48. The molecule has 0 atom stereocenters. The van der Waals surface area contributed by atoms with Crippen molar-refractivity contribution in [3.05, 3.63) is 64.6 Å². The molecule has 1 aliphatic rings. The summed E-state index contributed by atoms with van der Waals surface area (Å²) in [5, 5.41) is 9.98. The number of sulfonamides is 1. The van der Waals surface area contributed by atoms with Crippen molar-refractivity contribution in [2.75, 3.05) is 31.1 Å². The third kappa shape index (κ3) is 4.58. The molecule has 0 bridgehead atoms. The largest absolute Gasteiger partial charge is 0.345 e. The highest BCUT2D eigenvalue weighted by atomic mass is 35.5. The summed E-state index contributed by atoms with van der Waals surface area (Å²) in [6.07, 6.45) is 1.39. The van der Waals surface area contributed by atoms with Gasteiger partial charge in [-0.1, -0.05) is 47.2 Å². The zero-order valence-electron chi connectivity index (χ0n) is 16.2. The van der Waals surface area contributed by atoms with Crippen LogP contribution in [0.15, 0.2) is 59.6 Å². The number of anilines is 1. The second-order valence-corrected chi connectivity index (χ2v) is 10.3. The smallest absolute Gasteiger partial charge is 0.286 e. The van der Waals surface area contributed by atoms with Crippen molar-refractivity contribution >= 4 is 44.0 Å². The zero-order chi connectivity index (χ0) is 22.0. The average Bonchev–Trinajstić information content (AvgIpc) is 3.30. The summed E-state index contributed by atoms with van der Waals surface area (Å²) in [6.45, 7) is 1.52. The van der Waals surface area contributed by atoms with E-state index in [0.29, 0.717) is 36.3 Å². The van der Waals surface area contributed by atoms with Crippen LogP contribution in [0.5, 0.6) is 0 Å². The molecule has 31 heavy (non-hydrogen) atoms. The number of hydroxylamine groups is 1. The fourth-order valence-electron chi connectivity index (χ4n) is 3.30. The Labute approximate surface area is 188 Å². The van der Waals surface area contributed by atoms with Crippen molar-refractivity contribution < 1.29 is 18.4 Å². The van der Waals surface area contributed by atoms with Gasteiger partial charge in [0, 0.05) is 31.2 Å². The number of carbonyl (C=O) groups excluding carboxylic acids is 1. The molecule has 2 heterocycles. The number of thiazole rings is 1. The van der Waals surface area contributed by atoms with E-state index < -0.39 is 15.9 Å². The Bertz CT molecular complexity index is 1170. The maximum Gasteiger partial charge on any atom is 0.286 e. The highest BCUT2D eigenvalue weighted by Gasteiger charge is 2.29. The van der Waals surface area contributed by atoms with Crippen LogP contribution in [0.1, 0.15) is 9.67 Å². The van der Waals surface area contributed by atoms with E-state index in [2.05, 4.69) is 4.98 Å². The van der Waals surface area contributed by atoms with Gasteiger partial charge in [-0.25, -0.2) is 18.9 Å². The molecule has 1 fully saturated rings. The Morgan fingerprint density at radius 2 is 1.58 bits per heavy atom. The first kappa shape index (κ1) is 21.7. The van der Waals surface area contributed by atoms with E-state index in [1.54, 1.807) is 41.9 Å². The highest BCUT2D eigenvalue weighted by molar-refractivity contribution is 7.89. The number of benzene rings is 2. The lowest BCUT2D eigenvalue weighted by molar-refractivity contribution is 0.0710. The molecule has 1 aromatic heterocycles. The first-order valence-electron chi connectivity index (χ1n) is 9.40. The van der Waals surface area contributed by atoms with Gasteiger partial charge in [0.1, 0.15) is 4.88 Å². The van der Waals surface area contributed by atoms with Crippen LogP contribution in [0.2, 0.25) is 5.02 Å². The molecular weight excluding hydrogens is 460 g/mol. The predicted molar refractivity (Wildman–Crippen MR) is 119 cm³/mol. The fourth-order valence-corrected chi connectivity index (χ4v) is 5.71. The Balaban J connectivity index is 1.43. The summed E-state index contributed by atoms with van der Waals surface area (Å²) in [7, 11) is -3.61.